The Morgan fingerprint density at radius 2 is 2.06 bits per heavy atom. The second kappa shape index (κ2) is 4.78. The lowest BCUT2D eigenvalue weighted by atomic mass is 10.0. The minimum atomic E-state index is -4.39. The van der Waals surface area contributed by atoms with Gasteiger partial charge in [0.2, 0.25) is 0 Å². The molecule has 18 heavy (non-hydrogen) atoms. The van der Waals surface area contributed by atoms with Crippen molar-refractivity contribution in [3.8, 4) is 0 Å². The molecule has 5 unspecified atom stereocenters. The smallest absolute Gasteiger partial charge is 0.390 e. The number of ether oxygens (including phenoxy) is 1. The van der Waals surface area contributed by atoms with Crippen LogP contribution in [-0.2, 0) is 4.74 Å². The van der Waals surface area contributed by atoms with E-state index < -0.39 is 41.5 Å². The molecule has 9 heteroatoms. The lowest BCUT2D eigenvalue weighted by Gasteiger charge is -2.37. The zero-order valence-corrected chi connectivity index (χ0v) is 10.2. The fraction of sp³-hybridized carbons (Fsp3) is 0.889. The number of aliphatic hydroxyl groups excluding tert-OH is 2. The van der Waals surface area contributed by atoms with Gasteiger partial charge in [-0.25, -0.2) is 4.99 Å². The van der Waals surface area contributed by atoms with Crippen LogP contribution in [0.25, 0.3) is 0 Å². The van der Waals surface area contributed by atoms with Gasteiger partial charge in [0, 0.05) is 12.3 Å². The van der Waals surface area contributed by atoms with Crippen LogP contribution in [0.4, 0.5) is 13.2 Å². The number of rotatable bonds is 1. The van der Waals surface area contributed by atoms with Gasteiger partial charge in [0.1, 0.15) is 12.1 Å². The van der Waals surface area contributed by atoms with E-state index in [0.29, 0.717) is 0 Å². The largest absolute Gasteiger partial charge is 0.449 e. The summed E-state index contributed by atoms with van der Waals surface area (Å²) < 4.78 is 42.3. The lowest BCUT2D eigenvalue weighted by Crippen LogP contribution is -2.56. The van der Waals surface area contributed by atoms with Gasteiger partial charge in [0.05, 0.1) is 12.5 Å². The highest BCUT2D eigenvalue weighted by Crippen LogP contribution is 2.40. The third kappa shape index (κ3) is 2.67. The molecule has 0 aromatic rings. The van der Waals surface area contributed by atoms with Crippen LogP contribution in [0.2, 0.25) is 0 Å². The molecule has 0 aliphatic carbocycles. The Morgan fingerprint density at radius 3 is 2.61 bits per heavy atom. The van der Waals surface area contributed by atoms with E-state index in [4.69, 9.17) is 4.74 Å². The van der Waals surface area contributed by atoms with E-state index in [1.165, 1.54) is 7.05 Å². The van der Waals surface area contributed by atoms with E-state index in [1.807, 2.05) is 0 Å². The van der Waals surface area contributed by atoms with Crippen LogP contribution < -0.4 is 5.32 Å². The molecule has 2 aliphatic heterocycles. The summed E-state index contributed by atoms with van der Waals surface area (Å²) in [6, 6.07) is -0.482. The van der Waals surface area contributed by atoms with Crippen molar-refractivity contribution in [2.45, 2.75) is 41.5 Å². The van der Waals surface area contributed by atoms with Crippen LogP contribution in [0.15, 0.2) is 4.99 Å². The molecule has 104 valence electrons. The number of nitrogens with one attached hydrogen (secondary N) is 1. The topological polar surface area (TPSA) is 74.1 Å². The number of hydrogen-bond acceptors (Lipinski definition) is 5. The Balaban J connectivity index is 2.10. The number of alkyl halides is 3. The van der Waals surface area contributed by atoms with E-state index in [1.54, 1.807) is 0 Å². The second-order valence-corrected chi connectivity index (χ2v) is 5.50. The molecule has 0 saturated carbocycles. The third-order valence-corrected chi connectivity index (χ3v) is 4.31. The predicted molar refractivity (Wildman–Crippen MR) is 59.2 cm³/mol. The average Bonchev–Trinajstić information content (AvgIpc) is 2.67. The number of thioether (sulfide) groups is 1. The molecule has 0 radical (unpaired) electrons. The van der Waals surface area contributed by atoms with E-state index in [9.17, 15) is 23.4 Å². The monoisotopic (exact) mass is 286 g/mol. The van der Waals surface area contributed by atoms with Crippen LogP contribution in [0.3, 0.4) is 0 Å². The molecule has 0 aromatic heterocycles. The fourth-order valence-corrected chi connectivity index (χ4v) is 3.48. The molecule has 2 fully saturated rings. The third-order valence-electron chi connectivity index (χ3n) is 2.85. The normalized spacial score (nSPS) is 42.3. The van der Waals surface area contributed by atoms with Crippen LogP contribution >= 0.6 is 11.8 Å². The Morgan fingerprint density at radius 1 is 1.39 bits per heavy atom. The molecule has 2 heterocycles. The van der Waals surface area contributed by atoms with Gasteiger partial charge in [-0.3, -0.25) is 0 Å². The first-order valence-electron chi connectivity index (χ1n) is 5.30. The quantitative estimate of drug-likeness (QED) is 0.636. The molecule has 2 saturated heterocycles. The first-order valence-corrected chi connectivity index (χ1v) is 6.24. The highest BCUT2D eigenvalue weighted by molar-refractivity contribution is 8.00. The maximum Gasteiger partial charge on any atom is 0.390 e. The van der Waals surface area contributed by atoms with Gasteiger partial charge in [-0.15, -0.1) is 11.8 Å². The number of hydrogen-bond donors (Lipinski definition) is 3. The first kappa shape index (κ1) is 13.8. The van der Waals surface area contributed by atoms with Gasteiger partial charge in [0.25, 0.3) is 6.02 Å². The van der Waals surface area contributed by atoms with Crippen molar-refractivity contribution in [3.05, 3.63) is 0 Å². The SMILES string of the molecule is CN=C1NC2C(O1)SC(CC(F)(F)F)C(O)C2O. The average molecular weight is 286 g/mol. The van der Waals surface area contributed by atoms with Gasteiger partial charge in [-0.2, -0.15) is 13.2 Å². The minimum absolute atomic E-state index is 0.163. The molecule has 5 atom stereocenters. The maximum atomic E-state index is 12.3. The molecular weight excluding hydrogens is 273 g/mol. The maximum absolute atomic E-state index is 12.3. The van der Waals surface area contributed by atoms with E-state index in [0.717, 1.165) is 11.8 Å². The van der Waals surface area contributed by atoms with Gasteiger partial charge in [0.15, 0.2) is 5.44 Å². The lowest BCUT2D eigenvalue weighted by molar-refractivity contribution is -0.143. The van der Waals surface area contributed by atoms with E-state index in [-0.39, 0.29) is 6.02 Å². The summed E-state index contributed by atoms with van der Waals surface area (Å²) in [6.45, 7) is 0. The Kier molecular flexibility index (Phi) is 3.65. The van der Waals surface area contributed by atoms with Crippen LogP contribution in [0.1, 0.15) is 6.42 Å². The summed E-state index contributed by atoms with van der Waals surface area (Å²) in [4.78, 5) is 3.73. The van der Waals surface area contributed by atoms with Crippen molar-refractivity contribution < 1.29 is 28.1 Å². The van der Waals surface area contributed by atoms with Gasteiger partial charge in [-0.05, 0) is 0 Å². The fourth-order valence-electron chi connectivity index (χ4n) is 1.99. The number of halogens is 3. The van der Waals surface area contributed by atoms with Crippen molar-refractivity contribution >= 4 is 17.8 Å². The van der Waals surface area contributed by atoms with Crippen LogP contribution in [-0.4, -0.2) is 58.4 Å². The standard InChI is InChI=1S/C9H13F3N2O3S/c1-13-8-14-4-6(16)5(15)3(2-9(10,11)12)18-7(4)17-8/h3-7,15-16H,2H2,1H3,(H,13,14). The molecule has 2 rings (SSSR count). The van der Waals surface area contributed by atoms with Crippen molar-refractivity contribution in [2.75, 3.05) is 7.05 Å². The summed E-state index contributed by atoms with van der Waals surface area (Å²) in [5.41, 5.74) is -0.672. The van der Waals surface area contributed by atoms with E-state index in [2.05, 4.69) is 10.3 Å². The predicted octanol–water partition coefficient (Wildman–Crippen LogP) is 0.0763. The number of nitrogens with zero attached hydrogens (tertiary/aromatic N) is 1. The minimum Gasteiger partial charge on any atom is -0.449 e. The second-order valence-electron chi connectivity index (χ2n) is 4.16. The van der Waals surface area contributed by atoms with Crippen molar-refractivity contribution in [3.63, 3.8) is 0 Å². The van der Waals surface area contributed by atoms with Crippen molar-refractivity contribution in [1.29, 1.82) is 0 Å². The van der Waals surface area contributed by atoms with Crippen LogP contribution in [0.5, 0.6) is 0 Å². The number of aliphatic hydroxyl groups is 2. The summed E-state index contributed by atoms with van der Waals surface area (Å²) in [5.74, 6) is 0. The highest BCUT2D eigenvalue weighted by atomic mass is 32.2. The number of aliphatic imine (C=N–C) groups is 1. The van der Waals surface area contributed by atoms with Crippen molar-refractivity contribution in [2.24, 2.45) is 4.99 Å². The Labute approximate surface area is 105 Å². The molecular formula is C9H13F3N2O3S. The summed E-state index contributed by atoms with van der Waals surface area (Å²) in [7, 11) is 1.46. The molecule has 5 nitrogen and oxygen atoms in total. The van der Waals surface area contributed by atoms with E-state index >= 15 is 0 Å². The summed E-state index contributed by atoms with van der Waals surface area (Å²) in [6.07, 6.45) is -8.33. The zero-order valence-electron chi connectivity index (χ0n) is 9.39. The first-order chi connectivity index (χ1) is 8.31. The Hall–Kier alpha value is -0.670. The van der Waals surface area contributed by atoms with Crippen LogP contribution in [0, 0.1) is 0 Å². The van der Waals surface area contributed by atoms with Gasteiger partial charge >= 0.3 is 6.18 Å². The molecule has 2 aliphatic rings. The van der Waals surface area contributed by atoms with Crippen molar-refractivity contribution in [1.82, 2.24) is 5.32 Å². The molecule has 0 amide bonds. The van der Waals surface area contributed by atoms with Gasteiger partial charge in [-0.1, -0.05) is 0 Å². The highest BCUT2D eigenvalue weighted by Gasteiger charge is 2.51. The summed E-state index contributed by atoms with van der Waals surface area (Å²) >= 11 is 0.864. The Bertz CT molecular complexity index is 352. The van der Waals surface area contributed by atoms with Gasteiger partial charge < -0.3 is 20.3 Å². The molecule has 0 spiro atoms. The molecule has 0 bridgehead atoms. The zero-order chi connectivity index (χ0) is 13.5. The number of amidine groups is 1. The number of fused-ring (bicyclic) bond motifs is 1. The summed E-state index contributed by atoms with van der Waals surface area (Å²) in [5, 5.41) is 21.1. The molecule has 0 aromatic carbocycles. The molecule has 3 N–H and O–H groups in total.